The molecule has 132 valence electrons. The smallest absolute Gasteiger partial charge is 0.408 e. The molecule has 0 saturated carbocycles. The predicted octanol–water partition coefficient (Wildman–Crippen LogP) is 2.65. The third-order valence-electron chi connectivity index (χ3n) is 3.34. The molecule has 0 radical (unpaired) electrons. The Kier molecular flexibility index (Phi) is 7.68. The fourth-order valence-electron chi connectivity index (χ4n) is 1.82. The Hall–Kier alpha value is -2.11. The van der Waals surface area contributed by atoms with Crippen LogP contribution in [0.5, 0.6) is 0 Å². The van der Waals surface area contributed by atoms with Gasteiger partial charge in [0, 0.05) is 5.57 Å². The summed E-state index contributed by atoms with van der Waals surface area (Å²) >= 11 is 0. The second kappa shape index (κ2) is 9.25. The van der Waals surface area contributed by atoms with Crippen molar-refractivity contribution < 1.29 is 28.5 Å². The highest BCUT2D eigenvalue weighted by Gasteiger charge is 2.31. The summed E-state index contributed by atoms with van der Waals surface area (Å²) in [4.78, 5) is 33.3. The Bertz CT molecular complexity index is 643. The monoisotopic (exact) mass is 355 g/mol. The van der Waals surface area contributed by atoms with E-state index in [9.17, 15) is 19.0 Å². The van der Waals surface area contributed by atoms with Gasteiger partial charge in [0.2, 0.25) is 7.37 Å². The maximum absolute atomic E-state index is 12.3. The van der Waals surface area contributed by atoms with E-state index in [0.717, 1.165) is 5.56 Å². The molecule has 1 rings (SSSR count). The Morgan fingerprint density at radius 1 is 1.33 bits per heavy atom. The van der Waals surface area contributed by atoms with Crippen LogP contribution >= 0.6 is 7.37 Å². The second-order valence-corrected chi connectivity index (χ2v) is 7.70. The zero-order valence-electron chi connectivity index (χ0n) is 13.9. The molecule has 0 spiro atoms. The minimum Gasteiger partial charge on any atom is -0.466 e. The summed E-state index contributed by atoms with van der Waals surface area (Å²) in [6.45, 7) is 3.00. The molecule has 2 atom stereocenters. The number of amides is 1. The Labute approximate surface area is 141 Å². The van der Waals surface area contributed by atoms with Gasteiger partial charge in [-0.3, -0.25) is 4.57 Å². The third kappa shape index (κ3) is 6.18. The summed E-state index contributed by atoms with van der Waals surface area (Å²) in [5.74, 6) is -1.74. The van der Waals surface area contributed by atoms with E-state index in [1.807, 2.05) is 18.2 Å². The standard InChI is InChI=1S/C16H22NO6P/c1-4-14(15(18)22-3)11-24(20,21)12(2)17-16(19)23-10-13-8-6-5-7-9-13/h4-9,12H,10-11H2,1-3H3,(H,17,19)(H,20,21). The van der Waals surface area contributed by atoms with Crippen LogP contribution in [0.4, 0.5) is 4.79 Å². The molecule has 1 amide bonds. The second-order valence-electron chi connectivity index (χ2n) is 5.10. The van der Waals surface area contributed by atoms with Crippen LogP contribution in [-0.4, -0.2) is 36.0 Å². The number of rotatable bonds is 7. The molecule has 1 aromatic carbocycles. The summed E-state index contributed by atoms with van der Waals surface area (Å²) in [7, 11) is -2.66. The third-order valence-corrected chi connectivity index (χ3v) is 5.47. The number of ether oxygens (including phenoxy) is 2. The van der Waals surface area contributed by atoms with E-state index >= 15 is 0 Å². The van der Waals surface area contributed by atoms with Crippen molar-refractivity contribution in [3.8, 4) is 0 Å². The first-order valence-electron chi connectivity index (χ1n) is 7.32. The number of carbonyl (C=O) groups is 2. The van der Waals surface area contributed by atoms with Crippen molar-refractivity contribution in [2.75, 3.05) is 13.3 Å². The number of allylic oxidation sites excluding steroid dienone is 1. The number of hydrogen-bond acceptors (Lipinski definition) is 5. The summed E-state index contributed by atoms with van der Waals surface area (Å²) < 4.78 is 21.9. The molecule has 0 saturated heterocycles. The normalized spacial score (nSPS) is 15.1. The van der Waals surface area contributed by atoms with Crippen LogP contribution in [0, 0.1) is 0 Å². The number of hydrogen-bond donors (Lipinski definition) is 2. The molecular formula is C16H22NO6P. The molecule has 0 aliphatic heterocycles. The van der Waals surface area contributed by atoms with E-state index in [0.29, 0.717) is 0 Å². The molecule has 0 heterocycles. The van der Waals surface area contributed by atoms with Crippen molar-refractivity contribution in [1.82, 2.24) is 5.32 Å². The van der Waals surface area contributed by atoms with Gasteiger partial charge in [0.05, 0.1) is 13.3 Å². The number of alkyl carbamates (subject to hydrolysis) is 1. The number of carbonyl (C=O) groups excluding carboxylic acids is 2. The average molecular weight is 355 g/mol. The average Bonchev–Trinajstić information content (AvgIpc) is 2.58. The molecule has 8 heteroatoms. The minimum atomic E-state index is -3.85. The zero-order chi connectivity index (χ0) is 18.2. The van der Waals surface area contributed by atoms with Gasteiger partial charge in [-0.05, 0) is 19.4 Å². The van der Waals surface area contributed by atoms with Gasteiger partial charge in [0.15, 0.2) is 0 Å². The van der Waals surface area contributed by atoms with Crippen LogP contribution in [0.3, 0.4) is 0 Å². The summed E-state index contributed by atoms with van der Waals surface area (Å²) in [6, 6.07) is 9.05. The fourth-order valence-corrected chi connectivity index (χ4v) is 3.20. The quantitative estimate of drug-likeness (QED) is 0.443. The van der Waals surface area contributed by atoms with E-state index in [4.69, 9.17) is 4.74 Å². The topological polar surface area (TPSA) is 102 Å². The molecule has 0 aliphatic rings. The van der Waals surface area contributed by atoms with Gasteiger partial charge in [0.25, 0.3) is 0 Å². The number of benzene rings is 1. The fraction of sp³-hybridized carbons (Fsp3) is 0.375. The van der Waals surface area contributed by atoms with Gasteiger partial charge in [-0.2, -0.15) is 0 Å². The summed E-state index contributed by atoms with van der Waals surface area (Å²) in [5.41, 5.74) is 0.879. The highest BCUT2D eigenvalue weighted by Crippen LogP contribution is 2.46. The molecule has 2 N–H and O–H groups in total. The lowest BCUT2D eigenvalue weighted by atomic mass is 10.2. The molecule has 0 bridgehead atoms. The van der Waals surface area contributed by atoms with Crippen LogP contribution in [0.1, 0.15) is 19.4 Å². The Morgan fingerprint density at radius 2 is 1.96 bits per heavy atom. The van der Waals surface area contributed by atoms with Crippen LogP contribution in [0.2, 0.25) is 0 Å². The molecule has 2 unspecified atom stereocenters. The number of nitrogens with one attached hydrogen (secondary N) is 1. The van der Waals surface area contributed by atoms with E-state index in [2.05, 4.69) is 10.1 Å². The highest BCUT2D eigenvalue weighted by atomic mass is 31.2. The van der Waals surface area contributed by atoms with E-state index < -0.39 is 31.4 Å². The van der Waals surface area contributed by atoms with E-state index in [1.54, 1.807) is 19.1 Å². The van der Waals surface area contributed by atoms with Gasteiger partial charge in [-0.1, -0.05) is 36.4 Å². The summed E-state index contributed by atoms with van der Waals surface area (Å²) in [6.07, 6.45) is 0.214. The lowest BCUT2D eigenvalue weighted by Gasteiger charge is -2.21. The van der Waals surface area contributed by atoms with E-state index in [1.165, 1.54) is 20.1 Å². The molecule has 1 aromatic rings. The van der Waals surface area contributed by atoms with Crippen LogP contribution in [-0.2, 0) is 25.4 Å². The first kappa shape index (κ1) is 19.9. The largest absolute Gasteiger partial charge is 0.466 e. The maximum atomic E-state index is 12.3. The Morgan fingerprint density at radius 3 is 2.50 bits per heavy atom. The molecule has 7 nitrogen and oxygen atoms in total. The lowest BCUT2D eigenvalue weighted by molar-refractivity contribution is -0.136. The predicted molar refractivity (Wildman–Crippen MR) is 89.7 cm³/mol. The first-order chi connectivity index (χ1) is 11.3. The van der Waals surface area contributed by atoms with Crippen molar-refractivity contribution >= 4 is 19.4 Å². The maximum Gasteiger partial charge on any atom is 0.408 e. The first-order valence-corrected chi connectivity index (χ1v) is 9.23. The van der Waals surface area contributed by atoms with E-state index in [-0.39, 0.29) is 12.2 Å². The molecular weight excluding hydrogens is 333 g/mol. The number of methoxy groups -OCH3 is 1. The van der Waals surface area contributed by atoms with Gasteiger partial charge in [-0.25, -0.2) is 9.59 Å². The summed E-state index contributed by atoms with van der Waals surface area (Å²) in [5, 5.41) is 2.32. The molecule has 0 fully saturated rings. The van der Waals surface area contributed by atoms with Crippen LogP contribution in [0.25, 0.3) is 0 Å². The van der Waals surface area contributed by atoms with Crippen LogP contribution < -0.4 is 5.32 Å². The lowest BCUT2D eigenvalue weighted by Crippen LogP contribution is -2.34. The molecule has 24 heavy (non-hydrogen) atoms. The molecule has 0 aromatic heterocycles. The SMILES string of the molecule is CC=C(CP(=O)(O)C(C)NC(=O)OCc1ccccc1)C(=O)OC. The zero-order valence-corrected chi connectivity index (χ0v) is 14.8. The number of esters is 1. The van der Waals surface area contributed by atoms with Crippen LogP contribution in [0.15, 0.2) is 42.0 Å². The van der Waals surface area contributed by atoms with Crippen molar-refractivity contribution in [3.05, 3.63) is 47.5 Å². The highest BCUT2D eigenvalue weighted by molar-refractivity contribution is 7.59. The van der Waals surface area contributed by atoms with Gasteiger partial charge in [0.1, 0.15) is 12.4 Å². The van der Waals surface area contributed by atoms with Crippen molar-refractivity contribution in [1.29, 1.82) is 0 Å². The minimum absolute atomic E-state index is 0.0530. The van der Waals surface area contributed by atoms with Gasteiger partial charge >= 0.3 is 12.1 Å². The van der Waals surface area contributed by atoms with Crippen molar-refractivity contribution in [2.45, 2.75) is 26.2 Å². The van der Waals surface area contributed by atoms with Gasteiger partial charge in [-0.15, -0.1) is 0 Å². The van der Waals surface area contributed by atoms with Crippen molar-refractivity contribution in [3.63, 3.8) is 0 Å². The van der Waals surface area contributed by atoms with Gasteiger partial charge < -0.3 is 19.7 Å². The molecule has 0 aliphatic carbocycles. The Balaban J connectivity index is 2.58. The van der Waals surface area contributed by atoms with Crippen molar-refractivity contribution in [2.24, 2.45) is 0 Å².